The fourth-order valence-corrected chi connectivity index (χ4v) is 0.561. The lowest BCUT2D eigenvalue weighted by molar-refractivity contribution is -0.154. The van der Waals surface area contributed by atoms with Crippen molar-refractivity contribution in [3.05, 3.63) is 0 Å². The lowest BCUT2D eigenvalue weighted by atomic mass is 10.1. The molecule has 60 valence electrons. The lowest BCUT2D eigenvalue weighted by Crippen LogP contribution is -2.22. The molecule has 0 atom stereocenters. The Morgan fingerprint density at radius 3 is 2.09 bits per heavy atom. The number of nitriles is 1. The van der Waals surface area contributed by atoms with Crippen molar-refractivity contribution < 1.29 is 19.8 Å². The molecule has 0 aliphatic rings. The van der Waals surface area contributed by atoms with Crippen LogP contribution in [0.5, 0.6) is 0 Å². The molecular weight excluding hydrogens is 150 g/mol. The number of hydrogen-bond donors (Lipinski definition) is 2. The van der Waals surface area contributed by atoms with Gasteiger partial charge in [0.25, 0.3) is 0 Å². The summed E-state index contributed by atoms with van der Waals surface area (Å²) >= 11 is 0. The molecule has 2 N–H and O–H groups in total. The first-order valence-corrected chi connectivity index (χ1v) is 2.92. The summed E-state index contributed by atoms with van der Waals surface area (Å²) in [7, 11) is 0. The van der Waals surface area contributed by atoms with E-state index in [0.29, 0.717) is 0 Å². The highest BCUT2D eigenvalue weighted by Gasteiger charge is 2.24. The number of carbonyl (C=O) groups is 2. The summed E-state index contributed by atoms with van der Waals surface area (Å²) in [6.45, 7) is 0. The Morgan fingerprint density at radius 1 is 1.36 bits per heavy atom. The van der Waals surface area contributed by atoms with Gasteiger partial charge in [-0.3, -0.25) is 9.59 Å². The molecule has 0 saturated heterocycles. The van der Waals surface area contributed by atoms with Crippen molar-refractivity contribution in [3.63, 3.8) is 0 Å². The second kappa shape index (κ2) is 4.28. The average molecular weight is 157 g/mol. The predicted octanol–water partition coefficient (Wildman–Crippen LogP) is 0.0756. The Labute approximate surface area is 62.9 Å². The van der Waals surface area contributed by atoms with Crippen LogP contribution >= 0.6 is 0 Å². The number of carboxylic acids is 2. The molecule has 11 heavy (non-hydrogen) atoms. The van der Waals surface area contributed by atoms with Gasteiger partial charge in [-0.2, -0.15) is 5.26 Å². The molecule has 0 aliphatic carbocycles. The Kier molecular flexibility index (Phi) is 3.67. The molecule has 0 heterocycles. The summed E-state index contributed by atoms with van der Waals surface area (Å²) < 4.78 is 0. The fraction of sp³-hybridized carbons (Fsp3) is 0.500. The van der Waals surface area contributed by atoms with Crippen molar-refractivity contribution in [2.75, 3.05) is 0 Å². The van der Waals surface area contributed by atoms with Crippen LogP contribution in [0, 0.1) is 17.2 Å². The molecular formula is C6H7NO4. The van der Waals surface area contributed by atoms with Crippen LogP contribution in [0.25, 0.3) is 0 Å². The van der Waals surface area contributed by atoms with E-state index in [1.807, 2.05) is 0 Å². The minimum absolute atomic E-state index is 0.0523. The number of rotatable bonds is 4. The largest absolute Gasteiger partial charge is 0.481 e. The van der Waals surface area contributed by atoms with E-state index < -0.39 is 17.9 Å². The smallest absolute Gasteiger partial charge is 0.317 e. The van der Waals surface area contributed by atoms with Gasteiger partial charge in [0.1, 0.15) is 0 Å². The Bertz CT molecular complexity index is 191. The van der Waals surface area contributed by atoms with Crippen LogP contribution in [0.2, 0.25) is 0 Å². The van der Waals surface area contributed by atoms with Gasteiger partial charge in [-0.05, 0) is 6.42 Å². The molecule has 0 radical (unpaired) electrons. The third-order valence-electron chi connectivity index (χ3n) is 1.14. The maximum atomic E-state index is 10.2. The number of aliphatic carboxylic acids is 2. The number of hydrogen-bond acceptors (Lipinski definition) is 3. The number of nitrogens with zero attached hydrogens (tertiary/aromatic N) is 1. The topological polar surface area (TPSA) is 98.4 Å². The van der Waals surface area contributed by atoms with Gasteiger partial charge < -0.3 is 10.2 Å². The van der Waals surface area contributed by atoms with E-state index in [-0.39, 0.29) is 12.8 Å². The van der Waals surface area contributed by atoms with Crippen molar-refractivity contribution in [1.82, 2.24) is 0 Å². The summed E-state index contributed by atoms with van der Waals surface area (Å²) in [5, 5.41) is 24.6. The van der Waals surface area contributed by atoms with Crippen LogP contribution in [-0.2, 0) is 9.59 Å². The first-order chi connectivity index (χ1) is 5.09. The third-order valence-corrected chi connectivity index (χ3v) is 1.14. The molecule has 0 unspecified atom stereocenters. The molecule has 0 spiro atoms. The summed E-state index contributed by atoms with van der Waals surface area (Å²) in [5.74, 6) is -4.24. The van der Waals surface area contributed by atoms with Crippen molar-refractivity contribution in [3.8, 4) is 6.07 Å². The fourth-order valence-electron chi connectivity index (χ4n) is 0.561. The van der Waals surface area contributed by atoms with Gasteiger partial charge in [0.2, 0.25) is 0 Å². The van der Waals surface area contributed by atoms with Crippen molar-refractivity contribution in [1.29, 1.82) is 5.26 Å². The van der Waals surface area contributed by atoms with Crippen molar-refractivity contribution >= 4 is 11.9 Å². The minimum Gasteiger partial charge on any atom is -0.481 e. The normalized spacial score (nSPS) is 9.09. The monoisotopic (exact) mass is 157 g/mol. The Hall–Kier alpha value is -1.57. The highest BCUT2D eigenvalue weighted by molar-refractivity contribution is 5.92. The van der Waals surface area contributed by atoms with Crippen molar-refractivity contribution in [2.45, 2.75) is 12.8 Å². The SMILES string of the molecule is N#CCCC(C(=O)O)C(=O)O. The average Bonchev–Trinajstić information content (AvgIpc) is 1.87. The van der Waals surface area contributed by atoms with Gasteiger partial charge in [-0.15, -0.1) is 0 Å². The zero-order valence-electron chi connectivity index (χ0n) is 5.65. The molecule has 0 aromatic rings. The number of carboxylic acid groups (broad SMARTS) is 2. The summed E-state index contributed by atoms with van der Waals surface area (Å²) in [6, 6.07) is 1.68. The molecule has 0 aromatic heterocycles. The van der Waals surface area contributed by atoms with Crippen LogP contribution in [0.4, 0.5) is 0 Å². The van der Waals surface area contributed by atoms with Crippen LogP contribution in [-0.4, -0.2) is 22.2 Å². The van der Waals surface area contributed by atoms with Crippen LogP contribution in [0.1, 0.15) is 12.8 Å². The highest BCUT2D eigenvalue weighted by Crippen LogP contribution is 2.05. The predicted molar refractivity (Wildman–Crippen MR) is 33.6 cm³/mol. The highest BCUT2D eigenvalue weighted by atomic mass is 16.4. The van der Waals surface area contributed by atoms with Crippen molar-refractivity contribution in [2.24, 2.45) is 5.92 Å². The summed E-state index contributed by atoms with van der Waals surface area (Å²) in [4.78, 5) is 20.3. The van der Waals surface area contributed by atoms with E-state index in [0.717, 1.165) is 0 Å². The molecule has 0 amide bonds. The molecule has 5 nitrogen and oxygen atoms in total. The minimum atomic E-state index is -1.45. The van der Waals surface area contributed by atoms with E-state index >= 15 is 0 Å². The van der Waals surface area contributed by atoms with E-state index in [4.69, 9.17) is 15.5 Å². The first-order valence-electron chi connectivity index (χ1n) is 2.92. The molecule has 0 bridgehead atoms. The Balaban J connectivity index is 4.03. The standard InChI is InChI=1S/C6H7NO4/c7-3-1-2-4(5(8)9)6(10)11/h4H,1-2H2,(H,8,9)(H,10,11). The lowest BCUT2D eigenvalue weighted by Gasteiger charge is -2.02. The van der Waals surface area contributed by atoms with Gasteiger partial charge in [0.15, 0.2) is 5.92 Å². The molecule has 0 rings (SSSR count). The first kappa shape index (κ1) is 9.43. The molecule has 0 fully saturated rings. The second-order valence-electron chi connectivity index (χ2n) is 1.93. The molecule has 0 aliphatic heterocycles. The van der Waals surface area contributed by atoms with E-state index in [1.54, 1.807) is 6.07 Å². The zero-order chi connectivity index (χ0) is 8.85. The maximum Gasteiger partial charge on any atom is 0.317 e. The van der Waals surface area contributed by atoms with E-state index in [9.17, 15) is 9.59 Å². The molecule has 5 heteroatoms. The van der Waals surface area contributed by atoms with Gasteiger partial charge in [-0.1, -0.05) is 0 Å². The van der Waals surface area contributed by atoms with Gasteiger partial charge in [0, 0.05) is 6.42 Å². The van der Waals surface area contributed by atoms with Crippen LogP contribution in [0.3, 0.4) is 0 Å². The second-order valence-corrected chi connectivity index (χ2v) is 1.93. The van der Waals surface area contributed by atoms with E-state index in [1.165, 1.54) is 0 Å². The molecule has 0 aromatic carbocycles. The summed E-state index contributed by atoms with van der Waals surface area (Å²) in [6.07, 6.45) is -0.190. The third kappa shape index (κ3) is 3.20. The maximum absolute atomic E-state index is 10.2. The quantitative estimate of drug-likeness (QED) is 0.563. The van der Waals surface area contributed by atoms with Crippen LogP contribution < -0.4 is 0 Å². The van der Waals surface area contributed by atoms with Gasteiger partial charge in [-0.25, -0.2) is 0 Å². The Morgan fingerprint density at radius 2 is 1.82 bits per heavy atom. The van der Waals surface area contributed by atoms with Gasteiger partial charge >= 0.3 is 11.9 Å². The summed E-state index contributed by atoms with van der Waals surface area (Å²) in [5.41, 5.74) is 0. The van der Waals surface area contributed by atoms with E-state index in [2.05, 4.69) is 0 Å². The zero-order valence-corrected chi connectivity index (χ0v) is 5.65. The van der Waals surface area contributed by atoms with Gasteiger partial charge in [0.05, 0.1) is 6.07 Å². The van der Waals surface area contributed by atoms with Crippen LogP contribution in [0.15, 0.2) is 0 Å². The molecule has 0 saturated carbocycles.